The molecule has 34 heavy (non-hydrogen) atoms. The highest BCUT2D eigenvalue weighted by atomic mass is 32.2. The van der Waals surface area contributed by atoms with Gasteiger partial charge in [0.05, 0.1) is 10.5 Å². The lowest BCUT2D eigenvalue weighted by Crippen LogP contribution is -2.41. The highest BCUT2D eigenvalue weighted by Crippen LogP contribution is 2.28. The van der Waals surface area contributed by atoms with Crippen LogP contribution in [0.5, 0.6) is 5.75 Å². The fraction of sp³-hybridized carbons (Fsp3) is 0.250. The van der Waals surface area contributed by atoms with E-state index in [1.54, 1.807) is 42.9 Å². The van der Waals surface area contributed by atoms with Crippen molar-refractivity contribution >= 4 is 21.7 Å². The lowest BCUT2D eigenvalue weighted by atomic mass is 9.97. The predicted octanol–water partition coefficient (Wildman–Crippen LogP) is 2.97. The Morgan fingerprint density at radius 1 is 1.09 bits per heavy atom. The number of amides is 1. The van der Waals surface area contributed by atoms with E-state index >= 15 is 0 Å². The number of sulfonamides is 1. The number of carbonyl (C=O) groups is 1. The predicted molar refractivity (Wildman–Crippen MR) is 124 cm³/mol. The minimum Gasteiger partial charge on any atom is -0.485 e. The number of hydrogen-bond acceptors (Lipinski definition) is 7. The number of ether oxygens (including phenoxy) is 1. The van der Waals surface area contributed by atoms with E-state index in [4.69, 9.17) is 4.74 Å². The summed E-state index contributed by atoms with van der Waals surface area (Å²) < 4.78 is 33.2. The van der Waals surface area contributed by atoms with Crippen LogP contribution >= 0.6 is 0 Å². The fourth-order valence-corrected chi connectivity index (χ4v) is 5.35. The number of rotatable bonds is 7. The molecular weight excluding hydrogens is 454 g/mol. The molecule has 0 unspecified atom stereocenters. The van der Waals surface area contributed by atoms with Crippen molar-refractivity contribution in [2.24, 2.45) is 5.92 Å². The average molecular weight is 478 g/mol. The van der Waals surface area contributed by atoms with Gasteiger partial charge in [0, 0.05) is 37.6 Å². The van der Waals surface area contributed by atoms with Crippen LogP contribution in [0, 0.1) is 17.2 Å². The molecule has 1 aliphatic rings. The van der Waals surface area contributed by atoms with Gasteiger partial charge in [-0.15, -0.1) is 0 Å². The maximum Gasteiger partial charge on any atom is 0.244 e. The second-order valence-electron chi connectivity index (χ2n) is 7.77. The molecule has 1 N–H and O–H groups in total. The van der Waals surface area contributed by atoms with Crippen LogP contribution in [0.15, 0.2) is 72.0 Å². The Morgan fingerprint density at radius 3 is 2.56 bits per heavy atom. The zero-order valence-electron chi connectivity index (χ0n) is 18.3. The zero-order chi connectivity index (χ0) is 24.0. The standard InChI is InChI=1S/C24H23N5O4S/c25-16-20-4-1-2-6-22(20)34(31,32)29-14-9-19(10-15-29)24(30)28-23-21(5-3-11-27-23)33-17-18-7-12-26-13-8-18/h1-8,11-13,19H,9-10,14-15,17H2,(H,27,28,30). The van der Waals surface area contributed by atoms with Crippen LogP contribution in [0.2, 0.25) is 0 Å². The van der Waals surface area contributed by atoms with Crippen molar-refractivity contribution in [2.75, 3.05) is 18.4 Å². The Hall–Kier alpha value is -3.81. The number of carbonyl (C=O) groups excluding carboxylic acids is 1. The van der Waals surface area contributed by atoms with E-state index in [9.17, 15) is 18.5 Å². The number of piperidine rings is 1. The van der Waals surface area contributed by atoms with Crippen LogP contribution in [-0.4, -0.2) is 41.7 Å². The summed E-state index contributed by atoms with van der Waals surface area (Å²) in [7, 11) is -3.81. The topological polar surface area (TPSA) is 125 Å². The van der Waals surface area contributed by atoms with Gasteiger partial charge in [-0.05, 0) is 54.8 Å². The molecule has 1 saturated heterocycles. The average Bonchev–Trinajstić information content (AvgIpc) is 2.88. The molecule has 174 valence electrons. The van der Waals surface area contributed by atoms with Gasteiger partial charge in [-0.25, -0.2) is 13.4 Å². The van der Waals surface area contributed by atoms with Crippen molar-refractivity contribution < 1.29 is 17.9 Å². The third kappa shape index (κ3) is 5.22. The number of aromatic nitrogens is 2. The number of nitrogens with one attached hydrogen (secondary N) is 1. The summed E-state index contributed by atoms with van der Waals surface area (Å²) in [5, 5.41) is 12.1. The van der Waals surface area contributed by atoms with Gasteiger partial charge in [0.1, 0.15) is 12.7 Å². The second-order valence-corrected chi connectivity index (χ2v) is 9.68. The summed E-state index contributed by atoms with van der Waals surface area (Å²) in [6.45, 7) is 0.680. The molecule has 0 bridgehead atoms. The van der Waals surface area contributed by atoms with E-state index in [1.807, 2.05) is 18.2 Å². The number of benzene rings is 1. The van der Waals surface area contributed by atoms with Gasteiger partial charge in [0.15, 0.2) is 11.6 Å². The quantitative estimate of drug-likeness (QED) is 0.554. The Balaban J connectivity index is 1.38. The highest BCUT2D eigenvalue weighted by Gasteiger charge is 2.33. The maximum atomic E-state index is 13.0. The van der Waals surface area contributed by atoms with Gasteiger partial charge in [-0.3, -0.25) is 9.78 Å². The number of anilines is 1. The van der Waals surface area contributed by atoms with Crippen LogP contribution < -0.4 is 10.1 Å². The van der Waals surface area contributed by atoms with Crippen LogP contribution in [0.3, 0.4) is 0 Å². The Bertz CT molecular complexity index is 1300. The maximum absolute atomic E-state index is 13.0. The summed E-state index contributed by atoms with van der Waals surface area (Å²) in [6, 6.07) is 15.2. The zero-order valence-corrected chi connectivity index (χ0v) is 19.1. The van der Waals surface area contributed by atoms with Crippen molar-refractivity contribution in [3.63, 3.8) is 0 Å². The molecule has 3 aromatic rings. The number of pyridine rings is 2. The molecule has 1 fully saturated rings. The molecule has 0 radical (unpaired) electrons. The van der Waals surface area contributed by atoms with Crippen molar-refractivity contribution in [3.8, 4) is 11.8 Å². The fourth-order valence-electron chi connectivity index (χ4n) is 3.74. The normalized spacial score (nSPS) is 14.8. The Kier molecular flexibility index (Phi) is 7.15. The summed E-state index contributed by atoms with van der Waals surface area (Å²) >= 11 is 0. The summed E-state index contributed by atoms with van der Waals surface area (Å²) in [5.74, 6) is 0.162. The molecule has 1 amide bonds. The molecular formula is C24H23N5O4S. The number of nitriles is 1. The van der Waals surface area contributed by atoms with Gasteiger partial charge in [-0.2, -0.15) is 9.57 Å². The first kappa shape index (κ1) is 23.4. The smallest absolute Gasteiger partial charge is 0.244 e. The van der Waals surface area contributed by atoms with Crippen molar-refractivity contribution in [1.82, 2.24) is 14.3 Å². The lowest BCUT2D eigenvalue weighted by Gasteiger charge is -2.30. The van der Waals surface area contributed by atoms with E-state index in [0.29, 0.717) is 31.0 Å². The SMILES string of the molecule is N#Cc1ccccc1S(=O)(=O)N1CCC(C(=O)Nc2ncccc2OCc2ccncc2)CC1. The van der Waals surface area contributed by atoms with Gasteiger partial charge >= 0.3 is 0 Å². The molecule has 0 spiro atoms. The van der Waals surface area contributed by atoms with Gasteiger partial charge in [0.25, 0.3) is 0 Å². The summed E-state index contributed by atoms with van der Waals surface area (Å²) in [5.41, 5.74) is 1.04. The van der Waals surface area contributed by atoms with Gasteiger partial charge < -0.3 is 10.1 Å². The van der Waals surface area contributed by atoms with Crippen LogP contribution in [0.1, 0.15) is 24.0 Å². The molecule has 9 nitrogen and oxygen atoms in total. The second kappa shape index (κ2) is 10.4. The molecule has 4 rings (SSSR count). The van der Waals surface area contributed by atoms with Gasteiger partial charge in [-0.1, -0.05) is 12.1 Å². The largest absolute Gasteiger partial charge is 0.485 e. The Labute approximate surface area is 198 Å². The molecule has 1 aromatic carbocycles. The van der Waals surface area contributed by atoms with E-state index in [-0.39, 0.29) is 35.4 Å². The molecule has 0 saturated carbocycles. The summed E-state index contributed by atoms with van der Waals surface area (Å²) in [6.07, 6.45) is 5.64. The van der Waals surface area contributed by atoms with Gasteiger partial charge in [0.2, 0.25) is 15.9 Å². The van der Waals surface area contributed by atoms with Crippen molar-refractivity contribution in [3.05, 3.63) is 78.2 Å². The number of hydrogen-bond donors (Lipinski definition) is 1. The first-order chi connectivity index (χ1) is 16.5. The van der Waals surface area contributed by atoms with E-state index in [2.05, 4.69) is 15.3 Å². The molecule has 0 atom stereocenters. The number of nitrogens with zero attached hydrogens (tertiary/aromatic N) is 4. The Morgan fingerprint density at radius 2 is 1.82 bits per heavy atom. The first-order valence-corrected chi connectivity index (χ1v) is 12.2. The highest BCUT2D eigenvalue weighted by molar-refractivity contribution is 7.89. The van der Waals surface area contributed by atoms with E-state index < -0.39 is 10.0 Å². The molecule has 10 heteroatoms. The van der Waals surface area contributed by atoms with E-state index in [1.165, 1.54) is 16.4 Å². The van der Waals surface area contributed by atoms with Crippen LogP contribution in [-0.2, 0) is 21.4 Å². The lowest BCUT2D eigenvalue weighted by molar-refractivity contribution is -0.120. The minimum absolute atomic E-state index is 0.00938. The molecule has 2 aromatic heterocycles. The van der Waals surface area contributed by atoms with E-state index in [0.717, 1.165) is 5.56 Å². The van der Waals surface area contributed by atoms with Crippen molar-refractivity contribution in [2.45, 2.75) is 24.3 Å². The van der Waals surface area contributed by atoms with Crippen LogP contribution in [0.25, 0.3) is 0 Å². The third-order valence-electron chi connectivity index (χ3n) is 5.61. The molecule has 1 aliphatic heterocycles. The molecule has 0 aliphatic carbocycles. The summed E-state index contributed by atoms with van der Waals surface area (Å²) in [4.78, 5) is 21.1. The molecule has 3 heterocycles. The minimum atomic E-state index is -3.81. The third-order valence-corrected chi connectivity index (χ3v) is 7.56. The van der Waals surface area contributed by atoms with Crippen LogP contribution in [0.4, 0.5) is 5.82 Å². The van der Waals surface area contributed by atoms with Crippen molar-refractivity contribution in [1.29, 1.82) is 5.26 Å². The monoisotopic (exact) mass is 477 g/mol. The first-order valence-electron chi connectivity index (χ1n) is 10.8.